The van der Waals surface area contributed by atoms with Gasteiger partial charge in [-0.1, -0.05) is 23.2 Å². The van der Waals surface area contributed by atoms with Crippen LogP contribution in [0.4, 0.5) is 11.4 Å². The predicted molar refractivity (Wildman–Crippen MR) is 118 cm³/mol. The van der Waals surface area contributed by atoms with Gasteiger partial charge in [-0.05, 0) is 66.7 Å². The van der Waals surface area contributed by atoms with E-state index in [1.807, 2.05) is 0 Å². The van der Waals surface area contributed by atoms with E-state index in [0.717, 1.165) is 0 Å². The number of methoxy groups -OCH3 is 1. The Morgan fingerprint density at radius 1 is 0.867 bits per heavy atom. The second-order valence-electron chi connectivity index (χ2n) is 6.17. The maximum absolute atomic E-state index is 12.3. The van der Waals surface area contributed by atoms with Crippen molar-refractivity contribution in [1.29, 1.82) is 0 Å². The molecule has 154 valence electrons. The molecule has 0 aliphatic carbocycles. The van der Waals surface area contributed by atoms with Gasteiger partial charge < -0.3 is 20.1 Å². The number of hydrogen-bond acceptors (Lipinski definition) is 4. The molecule has 0 aromatic heterocycles. The number of rotatable bonds is 7. The van der Waals surface area contributed by atoms with E-state index in [1.54, 1.807) is 73.8 Å². The minimum atomic E-state index is -0.388. The van der Waals surface area contributed by atoms with Crippen LogP contribution in [0.3, 0.4) is 0 Å². The number of ether oxygens (including phenoxy) is 2. The van der Waals surface area contributed by atoms with E-state index < -0.39 is 0 Å². The van der Waals surface area contributed by atoms with Crippen molar-refractivity contribution in [3.63, 3.8) is 0 Å². The SMILES string of the molecule is COc1ccc(NC(=O)c2ccc(OCC(=O)Nc3cc(Cl)ccc3Cl)cc2)cc1. The maximum Gasteiger partial charge on any atom is 0.262 e. The lowest BCUT2D eigenvalue weighted by Crippen LogP contribution is -2.20. The van der Waals surface area contributed by atoms with E-state index in [2.05, 4.69) is 10.6 Å². The van der Waals surface area contributed by atoms with Crippen molar-refractivity contribution in [2.45, 2.75) is 0 Å². The first-order chi connectivity index (χ1) is 14.4. The number of halogens is 2. The summed E-state index contributed by atoms with van der Waals surface area (Å²) in [6.45, 7) is -0.222. The zero-order valence-corrected chi connectivity index (χ0v) is 17.5. The summed E-state index contributed by atoms with van der Waals surface area (Å²) >= 11 is 11.9. The number of nitrogens with one attached hydrogen (secondary N) is 2. The highest BCUT2D eigenvalue weighted by atomic mass is 35.5. The number of anilines is 2. The first-order valence-corrected chi connectivity index (χ1v) is 9.63. The quantitative estimate of drug-likeness (QED) is 0.520. The van der Waals surface area contributed by atoms with Gasteiger partial charge in [0.25, 0.3) is 11.8 Å². The zero-order valence-electron chi connectivity index (χ0n) is 15.9. The Bertz CT molecular complexity index is 1040. The largest absolute Gasteiger partial charge is 0.497 e. The summed E-state index contributed by atoms with van der Waals surface area (Å²) in [6.07, 6.45) is 0. The standard InChI is InChI=1S/C22H18Cl2N2O4/c1-29-17-9-5-16(6-10-17)25-22(28)14-2-7-18(8-3-14)30-13-21(27)26-20-12-15(23)4-11-19(20)24/h2-12H,13H2,1H3,(H,25,28)(H,26,27). The Morgan fingerprint density at radius 3 is 2.20 bits per heavy atom. The molecule has 6 nitrogen and oxygen atoms in total. The Balaban J connectivity index is 1.52. The second-order valence-corrected chi connectivity index (χ2v) is 7.01. The molecule has 0 saturated heterocycles. The summed E-state index contributed by atoms with van der Waals surface area (Å²) in [5.41, 5.74) is 1.51. The summed E-state index contributed by atoms with van der Waals surface area (Å²) in [5, 5.41) is 6.26. The summed E-state index contributed by atoms with van der Waals surface area (Å²) in [4.78, 5) is 24.4. The normalized spacial score (nSPS) is 10.2. The molecule has 0 radical (unpaired) electrons. The van der Waals surface area contributed by atoms with Crippen LogP contribution in [-0.2, 0) is 4.79 Å². The first kappa shape index (κ1) is 21.5. The van der Waals surface area contributed by atoms with Crippen LogP contribution >= 0.6 is 23.2 Å². The molecule has 2 N–H and O–H groups in total. The van der Waals surface area contributed by atoms with Crippen molar-refractivity contribution < 1.29 is 19.1 Å². The Kier molecular flexibility index (Phi) is 7.17. The minimum Gasteiger partial charge on any atom is -0.497 e. The van der Waals surface area contributed by atoms with Crippen molar-refractivity contribution in [3.05, 3.63) is 82.3 Å². The summed E-state index contributed by atoms with van der Waals surface area (Å²) < 4.78 is 10.5. The van der Waals surface area contributed by atoms with Crippen LogP contribution in [-0.4, -0.2) is 25.5 Å². The topological polar surface area (TPSA) is 76.7 Å². The van der Waals surface area contributed by atoms with Crippen LogP contribution in [0.25, 0.3) is 0 Å². The Morgan fingerprint density at radius 2 is 1.53 bits per heavy atom. The lowest BCUT2D eigenvalue weighted by atomic mass is 10.2. The lowest BCUT2D eigenvalue weighted by molar-refractivity contribution is -0.118. The number of amides is 2. The van der Waals surface area contributed by atoms with Gasteiger partial charge in [-0.15, -0.1) is 0 Å². The molecule has 0 bridgehead atoms. The van der Waals surface area contributed by atoms with Crippen molar-refractivity contribution in [2.75, 3.05) is 24.4 Å². The summed E-state index contributed by atoms with van der Waals surface area (Å²) in [5.74, 6) is 0.500. The van der Waals surface area contributed by atoms with Crippen molar-refractivity contribution >= 4 is 46.4 Å². The van der Waals surface area contributed by atoms with Crippen LogP contribution in [0.5, 0.6) is 11.5 Å². The van der Waals surface area contributed by atoms with Crippen LogP contribution in [0, 0.1) is 0 Å². The van der Waals surface area contributed by atoms with Crippen molar-refractivity contribution in [1.82, 2.24) is 0 Å². The monoisotopic (exact) mass is 444 g/mol. The highest BCUT2D eigenvalue weighted by Gasteiger charge is 2.09. The third kappa shape index (κ3) is 5.89. The molecule has 0 fully saturated rings. The number of carbonyl (C=O) groups excluding carboxylic acids is 2. The maximum atomic E-state index is 12.3. The third-order valence-corrected chi connectivity index (χ3v) is 4.60. The van der Waals surface area contributed by atoms with E-state index in [-0.39, 0.29) is 18.4 Å². The van der Waals surface area contributed by atoms with E-state index in [9.17, 15) is 9.59 Å². The smallest absolute Gasteiger partial charge is 0.262 e. The van der Waals surface area contributed by atoms with Crippen LogP contribution < -0.4 is 20.1 Å². The number of benzene rings is 3. The fourth-order valence-corrected chi connectivity index (χ4v) is 2.85. The summed E-state index contributed by atoms with van der Waals surface area (Å²) in [6, 6.07) is 18.2. The van der Waals surface area contributed by atoms with Gasteiger partial charge in [0.05, 0.1) is 17.8 Å². The molecule has 0 heterocycles. The number of carbonyl (C=O) groups is 2. The average molecular weight is 445 g/mol. The molecule has 8 heteroatoms. The van der Waals surface area contributed by atoms with Crippen LogP contribution in [0.2, 0.25) is 10.0 Å². The van der Waals surface area contributed by atoms with Gasteiger partial charge in [-0.2, -0.15) is 0 Å². The minimum absolute atomic E-state index is 0.222. The van der Waals surface area contributed by atoms with E-state index >= 15 is 0 Å². The first-order valence-electron chi connectivity index (χ1n) is 8.88. The Hall–Kier alpha value is -3.22. The molecule has 30 heavy (non-hydrogen) atoms. The molecule has 3 aromatic carbocycles. The molecule has 0 unspecified atom stereocenters. The lowest BCUT2D eigenvalue weighted by Gasteiger charge is -2.10. The molecule has 0 aliphatic rings. The molecule has 3 rings (SSSR count). The fraction of sp³-hybridized carbons (Fsp3) is 0.0909. The highest BCUT2D eigenvalue weighted by molar-refractivity contribution is 6.35. The van der Waals surface area contributed by atoms with Gasteiger partial charge >= 0.3 is 0 Å². The van der Waals surface area contributed by atoms with Gasteiger partial charge in [-0.3, -0.25) is 9.59 Å². The van der Waals surface area contributed by atoms with E-state index in [1.165, 1.54) is 0 Å². The molecule has 2 amide bonds. The summed E-state index contributed by atoms with van der Waals surface area (Å²) in [7, 11) is 1.58. The van der Waals surface area contributed by atoms with Crippen LogP contribution in [0.15, 0.2) is 66.7 Å². The molecular weight excluding hydrogens is 427 g/mol. The molecule has 0 atom stereocenters. The van der Waals surface area contributed by atoms with Gasteiger partial charge in [0.1, 0.15) is 11.5 Å². The van der Waals surface area contributed by atoms with Gasteiger partial charge in [0, 0.05) is 16.3 Å². The molecule has 0 saturated carbocycles. The fourth-order valence-electron chi connectivity index (χ4n) is 2.51. The third-order valence-electron chi connectivity index (χ3n) is 4.04. The second kappa shape index (κ2) is 10.0. The molecular formula is C22H18Cl2N2O4. The average Bonchev–Trinajstić information content (AvgIpc) is 2.75. The van der Waals surface area contributed by atoms with E-state index in [4.69, 9.17) is 32.7 Å². The highest BCUT2D eigenvalue weighted by Crippen LogP contribution is 2.25. The van der Waals surface area contributed by atoms with Crippen LogP contribution in [0.1, 0.15) is 10.4 Å². The molecule has 3 aromatic rings. The van der Waals surface area contributed by atoms with E-state index in [0.29, 0.717) is 38.5 Å². The number of hydrogen-bond donors (Lipinski definition) is 2. The van der Waals surface area contributed by atoms with Crippen molar-refractivity contribution in [3.8, 4) is 11.5 Å². The van der Waals surface area contributed by atoms with Crippen molar-refractivity contribution in [2.24, 2.45) is 0 Å². The van der Waals surface area contributed by atoms with Gasteiger partial charge in [-0.25, -0.2) is 0 Å². The Labute approximate surface area is 183 Å². The molecule has 0 aliphatic heterocycles. The van der Waals surface area contributed by atoms with Gasteiger partial charge in [0.2, 0.25) is 0 Å². The van der Waals surface area contributed by atoms with Gasteiger partial charge in [0.15, 0.2) is 6.61 Å². The predicted octanol–water partition coefficient (Wildman–Crippen LogP) is 5.27. The molecule has 0 spiro atoms. The zero-order chi connectivity index (χ0) is 21.5.